The van der Waals surface area contributed by atoms with Crippen LogP contribution in [0, 0.1) is 10.1 Å². The van der Waals surface area contributed by atoms with Crippen molar-refractivity contribution >= 4 is 45.5 Å². The van der Waals surface area contributed by atoms with Gasteiger partial charge in [-0.3, -0.25) is 14.9 Å². The van der Waals surface area contributed by atoms with Gasteiger partial charge in [-0.1, -0.05) is 18.0 Å². The van der Waals surface area contributed by atoms with E-state index < -0.39 is 16.8 Å². The second-order valence-electron chi connectivity index (χ2n) is 6.36. The molecule has 1 aromatic heterocycles. The van der Waals surface area contributed by atoms with Gasteiger partial charge in [-0.2, -0.15) is 0 Å². The van der Waals surface area contributed by atoms with E-state index in [4.69, 9.17) is 16.3 Å². The topological polar surface area (TPSA) is 98.5 Å². The Balaban J connectivity index is 1.94. The first-order valence-corrected chi connectivity index (χ1v) is 10.2. The molecule has 0 radical (unpaired) electrons. The largest absolute Gasteiger partial charge is 0.462 e. The van der Waals surface area contributed by atoms with Crippen LogP contribution >= 0.6 is 22.9 Å². The molecule has 1 N–H and O–H groups in total. The predicted molar refractivity (Wildman–Crippen MR) is 108 cm³/mol. The number of ether oxygens (including phenoxy) is 1. The van der Waals surface area contributed by atoms with Crippen molar-refractivity contribution in [2.75, 3.05) is 11.9 Å². The summed E-state index contributed by atoms with van der Waals surface area (Å²) < 4.78 is 5.20. The number of aryl methyl sites for hydroxylation is 1. The van der Waals surface area contributed by atoms with Crippen LogP contribution in [-0.2, 0) is 17.6 Å². The van der Waals surface area contributed by atoms with Gasteiger partial charge in [0.25, 0.3) is 11.6 Å². The van der Waals surface area contributed by atoms with Gasteiger partial charge < -0.3 is 10.1 Å². The Kier molecular flexibility index (Phi) is 6.31. The standard InChI is InChI=1S/C19H19ClN2O5S/c1-2-27-19(24)16-13-6-4-3-5-7-15(13)28-18(16)21-17(23)12-9-8-11(22(25)26)10-14(12)20/h8-10H,2-7H2,1H3,(H,21,23). The second-order valence-corrected chi connectivity index (χ2v) is 7.88. The number of nitro benzene ring substituents is 1. The molecule has 0 atom stereocenters. The molecule has 0 unspecified atom stereocenters. The molecule has 0 saturated carbocycles. The molecule has 1 aromatic carbocycles. The highest BCUT2D eigenvalue weighted by Gasteiger charge is 2.27. The number of nitrogens with one attached hydrogen (secondary N) is 1. The molecule has 1 heterocycles. The van der Waals surface area contributed by atoms with E-state index >= 15 is 0 Å². The number of thiophene rings is 1. The van der Waals surface area contributed by atoms with Crippen LogP contribution in [-0.4, -0.2) is 23.4 Å². The Labute approximate surface area is 170 Å². The van der Waals surface area contributed by atoms with Crippen LogP contribution in [0.15, 0.2) is 18.2 Å². The highest BCUT2D eigenvalue weighted by atomic mass is 35.5. The van der Waals surface area contributed by atoms with Crippen LogP contribution < -0.4 is 5.32 Å². The van der Waals surface area contributed by atoms with Crippen LogP contribution in [0.5, 0.6) is 0 Å². The molecular weight excluding hydrogens is 404 g/mol. The molecule has 2 aromatic rings. The number of halogens is 1. The fourth-order valence-corrected chi connectivity index (χ4v) is 4.76. The highest BCUT2D eigenvalue weighted by Crippen LogP contribution is 2.38. The van der Waals surface area contributed by atoms with Gasteiger partial charge >= 0.3 is 5.97 Å². The van der Waals surface area contributed by atoms with Crippen molar-refractivity contribution in [2.24, 2.45) is 0 Å². The number of fused-ring (bicyclic) bond motifs is 1. The molecule has 1 aliphatic carbocycles. The molecule has 0 aliphatic heterocycles. The number of non-ortho nitro benzene ring substituents is 1. The minimum Gasteiger partial charge on any atom is -0.462 e. The Morgan fingerprint density at radius 3 is 2.71 bits per heavy atom. The lowest BCUT2D eigenvalue weighted by Crippen LogP contribution is -2.15. The summed E-state index contributed by atoms with van der Waals surface area (Å²) in [6, 6.07) is 3.65. The minimum atomic E-state index is -0.581. The highest BCUT2D eigenvalue weighted by molar-refractivity contribution is 7.17. The van der Waals surface area contributed by atoms with E-state index in [9.17, 15) is 19.7 Å². The maximum absolute atomic E-state index is 12.7. The number of esters is 1. The zero-order chi connectivity index (χ0) is 20.3. The van der Waals surface area contributed by atoms with E-state index in [0.717, 1.165) is 48.6 Å². The lowest BCUT2D eigenvalue weighted by atomic mass is 10.1. The van der Waals surface area contributed by atoms with Crippen molar-refractivity contribution in [1.29, 1.82) is 0 Å². The van der Waals surface area contributed by atoms with Crippen LogP contribution in [0.3, 0.4) is 0 Å². The molecule has 148 valence electrons. The van der Waals surface area contributed by atoms with Crippen LogP contribution in [0.2, 0.25) is 5.02 Å². The number of amides is 1. The maximum atomic E-state index is 12.7. The molecule has 3 rings (SSSR count). The van der Waals surface area contributed by atoms with Crippen molar-refractivity contribution in [3.8, 4) is 0 Å². The van der Waals surface area contributed by atoms with Crippen LogP contribution in [0.4, 0.5) is 10.7 Å². The van der Waals surface area contributed by atoms with Crippen molar-refractivity contribution in [3.05, 3.63) is 54.9 Å². The normalized spacial score (nSPS) is 13.4. The summed E-state index contributed by atoms with van der Waals surface area (Å²) in [6.45, 7) is 1.98. The Morgan fingerprint density at radius 1 is 1.29 bits per heavy atom. The summed E-state index contributed by atoms with van der Waals surface area (Å²) in [5.41, 5.74) is 1.27. The van der Waals surface area contributed by atoms with E-state index in [1.54, 1.807) is 6.92 Å². The average Bonchev–Trinajstić information content (AvgIpc) is 2.82. The molecule has 0 fully saturated rings. The van der Waals surface area contributed by atoms with Crippen LogP contribution in [0.25, 0.3) is 0 Å². The van der Waals surface area contributed by atoms with Crippen molar-refractivity contribution in [1.82, 2.24) is 0 Å². The number of anilines is 1. The van der Waals surface area contributed by atoms with E-state index in [2.05, 4.69) is 5.32 Å². The van der Waals surface area contributed by atoms with Crippen molar-refractivity contribution in [3.63, 3.8) is 0 Å². The third kappa shape index (κ3) is 4.18. The monoisotopic (exact) mass is 422 g/mol. The van der Waals surface area contributed by atoms with E-state index in [-0.39, 0.29) is 22.9 Å². The number of rotatable bonds is 5. The summed E-state index contributed by atoms with van der Waals surface area (Å²) in [6.07, 6.45) is 4.76. The predicted octanol–water partition coefficient (Wildman–Crippen LogP) is 5.01. The summed E-state index contributed by atoms with van der Waals surface area (Å²) in [7, 11) is 0. The molecular formula is C19H19ClN2O5S. The smallest absolute Gasteiger partial charge is 0.341 e. The first-order chi connectivity index (χ1) is 13.4. The quantitative estimate of drug-likeness (QED) is 0.316. The SMILES string of the molecule is CCOC(=O)c1c(NC(=O)c2ccc([N+](=O)[O-])cc2Cl)sc2c1CCCCC2. The zero-order valence-electron chi connectivity index (χ0n) is 15.2. The fraction of sp³-hybridized carbons (Fsp3) is 0.368. The maximum Gasteiger partial charge on any atom is 0.341 e. The first-order valence-electron chi connectivity index (χ1n) is 8.99. The molecule has 7 nitrogen and oxygen atoms in total. The molecule has 28 heavy (non-hydrogen) atoms. The van der Waals surface area contributed by atoms with Gasteiger partial charge in [0.15, 0.2) is 0 Å². The summed E-state index contributed by atoms with van der Waals surface area (Å²) in [4.78, 5) is 36.6. The third-order valence-corrected chi connectivity index (χ3v) is 6.06. The summed E-state index contributed by atoms with van der Waals surface area (Å²) in [5, 5.41) is 14.0. The average molecular weight is 423 g/mol. The molecule has 1 amide bonds. The number of hydrogen-bond donors (Lipinski definition) is 1. The molecule has 9 heteroatoms. The Bertz CT molecular complexity index is 941. The lowest BCUT2D eigenvalue weighted by molar-refractivity contribution is -0.384. The number of carbonyl (C=O) groups excluding carboxylic acids is 2. The van der Waals surface area contributed by atoms with Gasteiger partial charge in [-0.05, 0) is 44.2 Å². The Morgan fingerprint density at radius 2 is 2.04 bits per heavy atom. The second kappa shape index (κ2) is 8.70. The number of nitro groups is 1. The van der Waals surface area contributed by atoms with E-state index in [1.807, 2.05) is 0 Å². The van der Waals surface area contributed by atoms with Gasteiger partial charge in [-0.25, -0.2) is 4.79 Å². The molecule has 0 spiro atoms. The fourth-order valence-electron chi connectivity index (χ4n) is 3.22. The summed E-state index contributed by atoms with van der Waals surface area (Å²) in [5.74, 6) is -0.978. The number of benzene rings is 1. The van der Waals surface area contributed by atoms with E-state index in [0.29, 0.717) is 10.6 Å². The summed E-state index contributed by atoms with van der Waals surface area (Å²) >= 11 is 7.44. The van der Waals surface area contributed by atoms with Crippen molar-refractivity contribution in [2.45, 2.75) is 39.0 Å². The molecule has 1 aliphatic rings. The Hall–Kier alpha value is -2.45. The van der Waals surface area contributed by atoms with Gasteiger partial charge in [0.2, 0.25) is 0 Å². The van der Waals surface area contributed by atoms with Crippen LogP contribution in [0.1, 0.15) is 57.3 Å². The minimum absolute atomic E-state index is 0.0255. The van der Waals surface area contributed by atoms with Gasteiger partial charge in [-0.15, -0.1) is 11.3 Å². The van der Waals surface area contributed by atoms with Gasteiger partial charge in [0, 0.05) is 17.0 Å². The number of carbonyl (C=O) groups is 2. The van der Waals surface area contributed by atoms with E-state index in [1.165, 1.54) is 23.5 Å². The third-order valence-electron chi connectivity index (χ3n) is 4.54. The zero-order valence-corrected chi connectivity index (χ0v) is 16.8. The molecule has 0 saturated heterocycles. The molecule has 0 bridgehead atoms. The number of hydrogen-bond acceptors (Lipinski definition) is 6. The van der Waals surface area contributed by atoms with Crippen molar-refractivity contribution < 1.29 is 19.2 Å². The van der Waals surface area contributed by atoms with Gasteiger partial charge in [0.05, 0.1) is 27.7 Å². The van der Waals surface area contributed by atoms with Gasteiger partial charge in [0.1, 0.15) is 5.00 Å². The first kappa shape index (κ1) is 20.3. The number of nitrogens with zero attached hydrogens (tertiary/aromatic N) is 1. The lowest BCUT2D eigenvalue weighted by Gasteiger charge is -2.09.